The Kier molecular flexibility index (Phi) is 22.4. The fourth-order valence-electron chi connectivity index (χ4n) is 4.28. The van der Waals surface area contributed by atoms with Gasteiger partial charge in [-0.25, -0.2) is 4.79 Å². The zero-order chi connectivity index (χ0) is 22.3. The molecule has 0 aromatic heterocycles. The molecule has 0 radical (unpaired) electrons. The van der Waals surface area contributed by atoms with E-state index in [1.165, 1.54) is 89.9 Å². The van der Waals surface area contributed by atoms with Crippen molar-refractivity contribution in [1.29, 1.82) is 0 Å². The number of rotatable bonds is 22. The van der Waals surface area contributed by atoms with Crippen molar-refractivity contribution >= 4 is 6.16 Å². The summed E-state index contributed by atoms with van der Waals surface area (Å²) in [5.74, 6) is 0.978. The second-order valence-electron chi connectivity index (χ2n) is 9.29. The maximum atomic E-state index is 12.1. The highest BCUT2D eigenvalue weighted by atomic mass is 16.7. The van der Waals surface area contributed by atoms with Gasteiger partial charge in [-0.2, -0.15) is 0 Å². The molecule has 0 heterocycles. The van der Waals surface area contributed by atoms with Crippen LogP contribution in [-0.4, -0.2) is 19.4 Å². The zero-order valence-corrected chi connectivity index (χ0v) is 21.0. The summed E-state index contributed by atoms with van der Waals surface area (Å²) >= 11 is 0. The molecule has 0 amide bonds. The summed E-state index contributed by atoms with van der Waals surface area (Å²) in [6.45, 7) is 9.99. The van der Waals surface area contributed by atoms with Gasteiger partial charge in [0.1, 0.15) is 0 Å². The smallest absolute Gasteiger partial charge is 0.434 e. The fraction of sp³-hybridized carbons (Fsp3) is 0.963. The molecule has 3 nitrogen and oxygen atoms in total. The van der Waals surface area contributed by atoms with Crippen molar-refractivity contribution in [3.05, 3.63) is 0 Å². The summed E-state index contributed by atoms with van der Waals surface area (Å²) in [6, 6.07) is 0. The second kappa shape index (κ2) is 22.9. The van der Waals surface area contributed by atoms with Crippen molar-refractivity contribution in [3.8, 4) is 0 Å². The first kappa shape index (κ1) is 29.3. The lowest BCUT2D eigenvalue weighted by atomic mass is 9.96. The number of carbonyl (C=O) groups excluding carboxylic acids is 1. The van der Waals surface area contributed by atoms with Gasteiger partial charge >= 0.3 is 6.16 Å². The lowest BCUT2D eigenvalue weighted by Crippen LogP contribution is -2.19. The fourth-order valence-corrected chi connectivity index (χ4v) is 4.28. The van der Waals surface area contributed by atoms with Gasteiger partial charge < -0.3 is 9.47 Å². The zero-order valence-electron chi connectivity index (χ0n) is 21.0. The maximum Gasteiger partial charge on any atom is 0.508 e. The number of hydrogen-bond acceptors (Lipinski definition) is 3. The molecule has 0 aliphatic rings. The first-order chi connectivity index (χ1) is 14.7. The Labute approximate surface area is 189 Å². The Bertz CT molecular complexity index is 324. The standard InChI is InChI=1S/C27H54O3/c1-5-9-11-13-15-17-21-25(19-7-3)23-29-27(28)30-24-26(20-8-4)22-18-16-14-12-10-6-2/h25-26H,5-24H2,1-4H3. The highest BCUT2D eigenvalue weighted by Gasteiger charge is 2.15. The molecule has 0 saturated heterocycles. The molecular weight excluding hydrogens is 372 g/mol. The molecule has 2 unspecified atom stereocenters. The third-order valence-corrected chi connectivity index (χ3v) is 6.20. The quantitative estimate of drug-likeness (QED) is 0.128. The summed E-state index contributed by atoms with van der Waals surface area (Å²) in [7, 11) is 0. The predicted molar refractivity (Wildman–Crippen MR) is 130 cm³/mol. The van der Waals surface area contributed by atoms with Gasteiger partial charge in [0, 0.05) is 0 Å². The van der Waals surface area contributed by atoms with Crippen LogP contribution in [0.1, 0.15) is 143 Å². The first-order valence-electron chi connectivity index (χ1n) is 13.5. The van der Waals surface area contributed by atoms with E-state index in [1.807, 2.05) is 0 Å². The molecule has 0 fully saturated rings. The molecule has 0 spiro atoms. The first-order valence-corrected chi connectivity index (χ1v) is 13.5. The van der Waals surface area contributed by atoms with Crippen LogP contribution in [0.5, 0.6) is 0 Å². The monoisotopic (exact) mass is 426 g/mol. The highest BCUT2D eigenvalue weighted by Crippen LogP contribution is 2.19. The topological polar surface area (TPSA) is 35.5 Å². The van der Waals surface area contributed by atoms with Crippen LogP contribution in [0.2, 0.25) is 0 Å². The third-order valence-electron chi connectivity index (χ3n) is 6.20. The lowest BCUT2D eigenvalue weighted by molar-refractivity contribution is 0.0304. The Morgan fingerprint density at radius 1 is 0.500 bits per heavy atom. The van der Waals surface area contributed by atoms with Crippen LogP contribution in [0, 0.1) is 11.8 Å². The molecule has 180 valence electrons. The van der Waals surface area contributed by atoms with Crippen LogP contribution < -0.4 is 0 Å². The molecule has 0 rings (SSSR count). The van der Waals surface area contributed by atoms with Gasteiger partial charge in [0.05, 0.1) is 13.2 Å². The van der Waals surface area contributed by atoms with E-state index in [-0.39, 0.29) is 0 Å². The van der Waals surface area contributed by atoms with Crippen LogP contribution in [-0.2, 0) is 9.47 Å². The molecule has 0 aliphatic carbocycles. The van der Waals surface area contributed by atoms with E-state index in [9.17, 15) is 4.79 Å². The van der Waals surface area contributed by atoms with Gasteiger partial charge in [-0.1, -0.05) is 118 Å². The largest absolute Gasteiger partial charge is 0.508 e. The molecule has 0 N–H and O–H groups in total. The van der Waals surface area contributed by atoms with Gasteiger partial charge in [-0.15, -0.1) is 0 Å². The maximum absolute atomic E-state index is 12.1. The van der Waals surface area contributed by atoms with E-state index >= 15 is 0 Å². The van der Waals surface area contributed by atoms with E-state index in [4.69, 9.17) is 9.47 Å². The number of ether oxygens (including phenoxy) is 2. The molecule has 0 aliphatic heterocycles. The number of unbranched alkanes of at least 4 members (excludes halogenated alkanes) is 10. The van der Waals surface area contributed by atoms with Crippen LogP contribution in [0.15, 0.2) is 0 Å². The van der Waals surface area contributed by atoms with E-state index < -0.39 is 6.16 Å². The Morgan fingerprint density at radius 3 is 1.23 bits per heavy atom. The minimum Gasteiger partial charge on any atom is -0.434 e. The van der Waals surface area contributed by atoms with Gasteiger partial charge in [-0.3, -0.25) is 0 Å². The SMILES string of the molecule is CCCCCCCCC(CCC)COC(=O)OCC(CCC)CCCCCCCC. The Balaban J connectivity index is 3.99. The van der Waals surface area contributed by atoms with E-state index in [0.717, 1.165) is 25.7 Å². The Hall–Kier alpha value is -0.730. The van der Waals surface area contributed by atoms with Crippen LogP contribution in [0.3, 0.4) is 0 Å². The molecule has 0 saturated carbocycles. The van der Waals surface area contributed by atoms with Crippen molar-refractivity contribution in [2.45, 2.75) is 143 Å². The van der Waals surface area contributed by atoms with E-state index in [0.29, 0.717) is 25.0 Å². The summed E-state index contributed by atoms with van der Waals surface area (Å²) in [5, 5.41) is 0. The van der Waals surface area contributed by atoms with Crippen LogP contribution in [0.4, 0.5) is 4.79 Å². The lowest BCUT2D eigenvalue weighted by Gasteiger charge is -2.18. The Morgan fingerprint density at radius 2 is 0.867 bits per heavy atom. The van der Waals surface area contributed by atoms with Gasteiger partial charge in [0.2, 0.25) is 0 Å². The molecule has 3 heteroatoms. The summed E-state index contributed by atoms with van der Waals surface area (Å²) in [5.41, 5.74) is 0. The summed E-state index contributed by atoms with van der Waals surface area (Å²) in [4.78, 5) is 12.1. The van der Waals surface area contributed by atoms with Gasteiger partial charge in [0.25, 0.3) is 0 Å². The molecule has 30 heavy (non-hydrogen) atoms. The minimum absolute atomic E-state index is 0.455. The molecule has 2 atom stereocenters. The van der Waals surface area contributed by atoms with E-state index in [1.54, 1.807) is 0 Å². The van der Waals surface area contributed by atoms with Crippen LogP contribution in [0.25, 0.3) is 0 Å². The highest BCUT2D eigenvalue weighted by molar-refractivity contribution is 5.59. The van der Waals surface area contributed by atoms with Crippen LogP contribution >= 0.6 is 0 Å². The van der Waals surface area contributed by atoms with Crippen molar-refractivity contribution in [3.63, 3.8) is 0 Å². The van der Waals surface area contributed by atoms with Crippen molar-refractivity contribution < 1.29 is 14.3 Å². The molecular formula is C27H54O3. The minimum atomic E-state index is -0.455. The van der Waals surface area contributed by atoms with Gasteiger partial charge in [0.15, 0.2) is 0 Å². The van der Waals surface area contributed by atoms with E-state index in [2.05, 4.69) is 27.7 Å². The molecule has 0 aromatic rings. The summed E-state index contributed by atoms with van der Waals surface area (Å²) in [6.07, 6.45) is 22.3. The van der Waals surface area contributed by atoms with Crippen molar-refractivity contribution in [2.75, 3.05) is 13.2 Å². The molecule has 0 bridgehead atoms. The molecule has 0 aromatic carbocycles. The second-order valence-corrected chi connectivity index (χ2v) is 9.29. The van der Waals surface area contributed by atoms with Gasteiger partial charge in [-0.05, 0) is 37.5 Å². The average molecular weight is 427 g/mol. The third kappa shape index (κ3) is 19.2. The van der Waals surface area contributed by atoms with Crippen molar-refractivity contribution in [1.82, 2.24) is 0 Å². The van der Waals surface area contributed by atoms with Crippen molar-refractivity contribution in [2.24, 2.45) is 11.8 Å². The predicted octanol–water partition coefficient (Wildman–Crippen LogP) is 9.47. The number of hydrogen-bond donors (Lipinski definition) is 0. The number of carbonyl (C=O) groups is 1. The summed E-state index contributed by atoms with van der Waals surface area (Å²) < 4.78 is 11.0. The normalized spacial score (nSPS) is 13.2. The average Bonchev–Trinajstić information content (AvgIpc) is 2.74.